The first-order chi connectivity index (χ1) is 9.10. The summed E-state index contributed by atoms with van der Waals surface area (Å²) in [5, 5.41) is 3.00. The zero-order valence-electron chi connectivity index (χ0n) is 10.7. The number of aromatic nitrogens is 2. The molecule has 0 saturated carbocycles. The van der Waals surface area contributed by atoms with Crippen molar-refractivity contribution in [2.75, 3.05) is 11.9 Å². The summed E-state index contributed by atoms with van der Waals surface area (Å²) in [6.07, 6.45) is 1.71. The summed E-state index contributed by atoms with van der Waals surface area (Å²) in [5.74, 6) is 1.10. The fraction of sp³-hybridized carbons (Fsp3) is 0.231. The third-order valence-electron chi connectivity index (χ3n) is 2.43. The van der Waals surface area contributed by atoms with Gasteiger partial charge in [0.15, 0.2) is 0 Å². The van der Waals surface area contributed by atoms with E-state index in [0.29, 0.717) is 24.0 Å². The first-order valence-corrected chi connectivity index (χ1v) is 6.62. The molecule has 5 nitrogen and oxygen atoms in total. The second-order valence-electron chi connectivity index (χ2n) is 3.91. The molecule has 0 aliphatic carbocycles. The van der Waals surface area contributed by atoms with Gasteiger partial charge in [-0.25, -0.2) is 0 Å². The number of nitrogens with one attached hydrogen (secondary N) is 1. The average molecular weight is 324 g/mol. The fourth-order valence-electron chi connectivity index (χ4n) is 1.61. The van der Waals surface area contributed by atoms with E-state index in [9.17, 15) is 4.79 Å². The number of hydrogen-bond donors (Lipinski definition) is 1. The van der Waals surface area contributed by atoms with E-state index in [-0.39, 0.29) is 5.56 Å². The van der Waals surface area contributed by atoms with E-state index in [0.717, 1.165) is 4.47 Å². The molecule has 0 aromatic carbocycles. The Morgan fingerprint density at radius 2 is 2.26 bits per heavy atom. The topological polar surface area (TPSA) is 56.1 Å². The van der Waals surface area contributed by atoms with Gasteiger partial charge in [0, 0.05) is 23.8 Å². The highest BCUT2D eigenvalue weighted by Gasteiger charge is 2.05. The van der Waals surface area contributed by atoms with Crippen molar-refractivity contribution >= 4 is 27.4 Å². The van der Waals surface area contributed by atoms with E-state index in [2.05, 4.69) is 26.2 Å². The zero-order valence-corrected chi connectivity index (χ0v) is 12.3. The van der Waals surface area contributed by atoms with Gasteiger partial charge in [-0.2, -0.15) is 4.98 Å². The molecular formula is C13H14BrN3O2. The largest absolute Gasteiger partial charge is 0.478 e. The summed E-state index contributed by atoms with van der Waals surface area (Å²) in [7, 11) is 1.70. The molecule has 0 aliphatic heterocycles. The lowest BCUT2D eigenvalue weighted by atomic mass is 10.4. The summed E-state index contributed by atoms with van der Waals surface area (Å²) < 4.78 is 7.63. The van der Waals surface area contributed by atoms with Crippen molar-refractivity contribution in [2.45, 2.75) is 6.92 Å². The summed E-state index contributed by atoms with van der Waals surface area (Å²) in [6.45, 7) is 2.45. The molecule has 0 saturated heterocycles. The van der Waals surface area contributed by atoms with Crippen molar-refractivity contribution in [3.63, 3.8) is 0 Å². The summed E-state index contributed by atoms with van der Waals surface area (Å²) in [6, 6.07) is 7.09. The van der Waals surface area contributed by atoms with E-state index in [1.807, 2.05) is 13.0 Å². The molecule has 2 rings (SSSR count). The van der Waals surface area contributed by atoms with Crippen LogP contribution in [0.25, 0.3) is 0 Å². The molecule has 0 bridgehead atoms. The third-order valence-corrected chi connectivity index (χ3v) is 2.86. The maximum atomic E-state index is 12.0. The number of ether oxygens (including phenoxy) is 1. The van der Waals surface area contributed by atoms with Crippen LogP contribution < -0.4 is 15.6 Å². The lowest BCUT2D eigenvalue weighted by Crippen LogP contribution is -2.19. The molecule has 2 aromatic rings. The van der Waals surface area contributed by atoms with Gasteiger partial charge in [0.1, 0.15) is 11.5 Å². The minimum absolute atomic E-state index is 0.119. The number of anilines is 2. The molecule has 0 atom stereocenters. The highest BCUT2D eigenvalue weighted by molar-refractivity contribution is 9.10. The Hall–Kier alpha value is -1.82. The monoisotopic (exact) mass is 323 g/mol. The molecule has 0 spiro atoms. The summed E-state index contributed by atoms with van der Waals surface area (Å²) in [5.41, 5.74) is 0.338. The van der Waals surface area contributed by atoms with Crippen molar-refractivity contribution in [1.29, 1.82) is 0 Å². The maximum absolute atomic E-state index is 12.0. The maximum Gasteiger partial charge on any atom is 0.274 e. The molecule has 0 fully saturated rings. The summed E-state index contributed by atoms with van der Waals surface area (Å²) >= 11 is 3.36. The van der Waals surface area contributed by atoms with Crippen LogP contribution in [0, 0.1) is 0 Å². The molecule has 1 N–H and O–H groups in total. The Labute approximate surface area is 119 Å². The number of nitrogens with zero attached hydrogens (tertiary/aromatic N) is 2. The average Bonchev–Trinajstić information content (AvgIpc) is 2.36. The van der Waals surface area contributed by atoms with Crippen molar-refractivity contribution in [3.05, 3.63) is 45.3 Å². The fourth-order valence-corrected chi connectivity index (χ4v) is 2.15. The summed E-state index contributed by atoms with van der Waals surface area (Å²) in [4.78, 5) is 16.2. The van der Waals surface area contributed by atoms with Gasteiger partial charge >= 0.3 is 0 Å². The Bertz CT molecular complexity index is 640. The molecule has 0 radical (unpaired) electrons. The van der Waals surface area contributed by atoms with Crippen molar-refractivity contribution in [3.8, 4) is 5.88 Å². The SMILES string of the molecule is CCOc1cccc(Nc2cc(Br)cn(C)c2=O)n1. The van der Waals surface area contributed by atoms with Crippen LogP contribution in [0.4, 0.5) is 11.5 Å². The van der Waals surface area contributed by atoms with Gasteiger partial charge in [-0.1, -0.05) is 6.07 Å². The van der Waals surface area contributed by atoms with Gasteiger partial charge in [-0.15, -0.1) is 0 Å². The van der Waals surface area contributed by atoms with Crippen LogP contribution in [-0.4, -0.2) is 16.2 Å². The normalized spacial score (nSPS) is 10.3. The Morgan fingerprint density at radius 1 is 1.47 bits per heavy atom. The molecule has 2 aromatic heterocycles. The van der Waals surface area contributed by atoms with Crippen molar-refractivity contribution in [2.24, 2.45) is 7.05 Å². The van der Waals surface area contributed by atoms with Crippen molar-refractivity contribution < 1.29 is 4.74 Å². The second kappa shape index (κ2) is 5.88. The number of aryl methyl sites for hydroxylation is 1. The van der Waals surface area contributed by atoms with Gasteiger partial charge in [-0.05, 0) is 35.0 Å². The minimum Gasteiger partial charge on any atom is -0.478 e. The van der Waals surface area contributed by atoms with Crippen LogP contribution in [0.1, 0.15) is 6.92 Å². The van der Waals surface area contributed by atoms with Gasteiger partial charge in [0.05, 0.1) is 6.61 Å². The van der Waals surface area contributed by atoms with E-state index < -0.39 is 0 Å². The predicted octanol–water partition coefficient (Wildman–Crippen LogP) is 2.69. The number of halogens is 1. The molecule has 0 aliphatic rings. The standard InChI is InChI=1S/C13H14BrN3O2/c1-3-19-12-6-4-5-11(16-12)15-10-7-9(14)8-17(2)13(10)18/h4-8H,3H2,1-2H3,(H,15,16). The predicted molar refractivity (Wildman–Crippen MR) is 78.1 cm³/mol. The van der Waals surface area contributed by atoms with E-state index >= 15 is 0 Å². The first kappa shape index (κ1) is 13.6. The van der Waals surface area contributed by atoms with E-state index in [1.165, 1.54) is 4.57 Å². The van der Waals surface area contributed by atoms with Crippen LogP contribution in [0.5, 0.6) is 5.88 Å². The first-order valence-electron chi connectivity index (χ1n) is 5.83. The Kier molecular flexibility index (Phi) is 4.21. The molecule has 2 heterocycles. The Morgan fingerprint density at radius 3 is 3.00 bits per heavy atom. The minimum atomic E-state index is -0.119. The molecule has 0 unspecified atom stereocenters. The zero-order chi connectivity index (χ0) is 13.8. The highest BCUT2D eigenvalue weighted by Crippen LogP contribution is 2.17. The number of hydrogen-bond acceptors (Lipinski definition) is 4. The van der Waals surface area contributed by atoms with Gasteiger partial charge in [0.25, 0.3) is 5.56 Å². The van der Waals surface area contributed by atoms with Crippen molar-refractivity contribution in [1.82, 2.24) is 9.55 Å². The quantitative estimate of drug-likeness (QED) is 0.939. The smallest absolute Gasteiger partial charge is 0.274 e. The lowest BCUT2D eigenvalue weighted by molar-refractivity contribution is 0.327. The molecule has 100 valence electrons. The molecule has 0 amide bonds. The third kappa shape index (κ3) is 3.35. The Balaban J connectivity index is 2.31. The van der Waals surface area contributed by atoms with Crippen LogP contribution >= 0.6 is 15.9 Å². The molecular weight excluding hydrogens is 310 g/mol. The van der Waals surface area contributed by atoms with Gasteiger partial charge < -0.3 is 14.6 Å². The van der Waals surface area contributed by atoms with Crippen LogP contribution in [-0.2, 0) is 7.05 Å². The van der Waals surface area contributed by atoms with Crippen LogP contribution in [0.15, 0.2) is 39.7 Å². The van der Waals surface area contributed by atoms with Crippen LogP contribution in [0.3, 0.4) is 0 Å². The molecule has 19 heavy (non-hydrogen) atoms. The number of rotatable bonds is 4. The second-order valence-corrected chi connectivity index (χ2v) is 4.82. The van der Waals surface area contributed by atoms with Gasteiger partial charge in [-0.3, -0.25) is 4.79 Å². The van der Waals surface area contributed by atoms with Crippen LogP contribution in [0.2, 0.25) is 0 Å². The van der Waals surface area contributed by atoms with E-state index in [4.69, 9.17) is 4.74 Å². The number of pyridine rings is 2. The van der Waals surface area contributed by atoms with E-state index in [1.54, 1.807) is 31.4 Å². The van der Waals surface area contributed by atoms with Gasteiger partial charge in [0.2, 0.25) is 5.88 Å². The molecule has 6 heteroatoms. The highest BCUT2D eigenvalue weighted by atomic mass is 79.9. The lowest BCUT2D eigenvalue weighted by Gasteiger charge is -2.09.